The number of aryl methyl sites for hydroxylation is 1. The van der Waals surface area contributed by atoms with Crippen molar-refractivity contribution in [3.05, 3.63) is 106 Å². The second-order valence-corrected chi connectivity index (χ2v) is 11.0. The molecule has 2 aliphatic rings. The maximum atomic E-state index is 14.2. The van der Waals surface area contributed by atoms with E-state index in [2.05, 4.69) is 9.80 Å². The van der Waals surface area contributed by atoms with E-state index in [9.17, 15) is 18.4 Å². The van der Waals surface area contributed by atoms with Crippen molar-refractivity contribution in [3.8, 4) is 0 Å². The number of carbonyl (C=O) groups excluding carboxylic acids is 2. The Kier molecular flexibility index (Phi) is 8.84. The second kappa shape index (κ2) is 12.5. The van der Waals surface area contributed by atoms with Gasteiger partial charge in [0.2, 0.25) is 0 Å². The molecule has 0 amide bonds. The summed E-state index contributed by atoms with van der Waals surface area (Å²) in [7, 11) is 0. The molecule has 2 aliphatic heterocycles. The first kappa shape index (κ1) is 28.3. The van der Waals surface area contributed by atoms with E-state index in [1.807, 2.05) is 32.0 Å². The van der Waals surface area contributed by atoms with Crippen LogP contribution in [0.2, 0.25) is 0 Å². The van der Waals surface area contributed by atoms with E-state index in [0.717, 1.165) is 36.3 Å². The van der Waals surface area contributed by atoms with Gasteiger partial charge in [0.05, 0.1) is 13.2 Å². The van der Waals surface area contributed by atoms with E-state index in [4.69, 9.17) is 4.74 Å². The van der Waals surface area contributed by atoms with Gasteiger partial charge in [-0.25, -0.2) is 8.78 Å². The van der Waals surface area contributed by atoms with Crippen LogP contribution in [-0.4, -0.2) is 73.8 Å². The molecule has 0 saturated carbocycles. The standard InChI is InChI=1S/C33H36F2N2O3/c1-22-6-3-11-28(23(22)2)31-29(32(38)24-7-4-9-26(34)18-24)20-37(13-12-36-14-16-40-17-15-36)21-30(31)33(39)25-8-5-10-27(35)19-25/h3-11,18-19,29-31H,12-17,20-21H2,1-2H3/t29-,30+,31?. The number of nitrogens with zero attached hydrogens (tertiary/aromatic N) is 2. The molecule has 7 heteroatoms. The van der Waals surface area contributed by atoms with Crippen LogP contribution in [0.5, 0.6) is 0 Å². The summed E-state index contributed by atoms with van der Waals surface area (Å²) in [6.45, 7) is 9.47. The van der Waals surface area contributed by atoms with Crippen LogP contribution in [0.3, 0.4) is 0 Å². The van der Waals surface area contributed by atoms with Crippen LogP contribution in [0.15, 0.2) is 66.7 Å². The molecule has 3 atom stereocenters. The normalized spacial score (nSPS) is 22.2. The van der Waals surface area contributed by atoms with Gasteiger partial charge in [-0.3, -0.25) is 14.5 Å². The number of rotatable bonds is 8. The third-order valence-corrected chi connectivity index (χ3v) is 8.51. The topological polar surface area (TPSA) is 49.9 Å². The minimum atomic E-state index is -0.580. The van der Waals surface area contributed by atoms with Gasteiger partial charge in [-0.1, -0.05) is 42.5 Å². The lowest BCUT2D eigenvalue weighted by atomic mass is 9.67. The molecule has 3 aromatic rings. The Hall–Kier alpha value is -3.26. The molecule has 40 heavy (non-hydrogen) atoms. The molecule has 3 aromatic carbocycles. The number of hydrogen-bond acceptors (Lipinski definition) is 5. The van der Waals surface area contributed by atoms with E-state index < -0.39 is 29.4 Å². The van der Waals surface area contributed by atoms with E-state index in [1.54, 1.807) is 24.3 Å². The largest absolute Gasteiger partial charge is 0.379 e. The van der Waals surface area contributed by atoms with E-state index >= 15 is 0 Å². The number of morpholine rings is 1. The Morgan fingerprint density at radius 3 is 1.85 bits per heavy atom. The minimum absolute atomic E-state index is 0.182. The molecule has 1 unspecified atom stereocenters. The molecule has 5 rings (SSSR count). The molecule has 0 aliphatic carbocycles. The molecular weight excluding hydrogens is 510 g/mol. The van der Waals surface area contributed by atoms with E-state index in [0.29, 0.717) is 44.0 Å². The molecule has 2 heterocycles. The third-order valence-electron chi connectivity index (χ3n) is 8.51. The van der Waals surface area contributed by atoms with Crippen molar-refractivity contribution in [1.82, 2.24) is 9.80 Å². The quantitative estimate of drug-likeness (QED) is 0.359. The first-order valence-electron chi connectivity index (χ1n) is 14.0. The Morgan fingerprint density at radius 1 is 0.775 bits per heavy atom. The summed E-state index contributed by atoms with van der Waals surface area (Å²) in [5.74, 6) is -2.90. The summed E-state index contributed by atoms with van der Waals surface area (Å²) in [5, 5.41) is 0. The van der Waals surface area contributed by atoms with Crippen molar-refractivity contribution in [2.24, 2.45) is 11.8 Å². The zero-order valence-corrected chi connectivity index (χ0v) is 23.1. The first-order valence-corrected chi connectivity index (χ1v) is 14.0. The summed E-state index contributed by atoms with van der Waals surface area (Å²) in [4.78, 5) is 32.8. The second-order valence-electron chi connectivity index (χ2n) is 11.0. The van der Waals surface area contributed by atoms with Gasteiger partial charge in [0.1, 0.15) is 11.6 Å². The van der Waals surface area contributed by atoms with Crippen LogP contribution >= 0.6 is 0 Å². The molecule has 5 nitrogen and oxygen atoms in total. The molecule has 0 N–H and O–H groups in total. The minimum Gasteiger partial charge on any atom is -0.379 e. The number of ether oxygens (including phenoxy) is 1. The number of piperidine rings is 1. The highest BCUT2D eigenvalue weighted by atomic mass is 19.1. The van der Waals surface area contributed by atoms with Crippen LogP contribution in [0.1, 0.15) is 43.3 Å². The molecular formula is C33H36F2N2O3. The summed E-state index contributed by atoms with van der Waals surface area (Å²) in [5.41, 5.74) is 3.64. The number of carbonyl (C=O) groups is 2. The van der Waals surface area contributed by atoms with Crippen molar-refractivity contribution in [3.63, 3.8) is 0 Å². The van der Waals surface area contributed by atoms with Gasteiger partial charge in [-0.05, 0) is 54.8 Å². The number of halogens is 2. The molecule has 0 bridgehead atoms. The van der Waals surface area contributed by atoms with Crippen LogP contribution in [0.4, 0.5) is 8.78 Å². The number of benzene rings is 3. The van der Waals surface area contributed by atoms with Gasteiger partial charge in [0.15, 0.2) is 11.6 Å². The van der Waals surface area contributed by atoms with Gasteiger partial charge in [0.25, 0.3) is 0 Å². The number of ketones is 2. The predicted octanol–water partition coefficient (Wildman–Crippen LogP) is 5.31. The molecule has 0 spiro atoms. The lowest BCUT2D eigenvalue weighted by Gasteiger charge is -2.44. The molecule has 2 saturated heterocycles. The van der Waals surface area contributed by atoms with Crippen LogP contribution in [-0.2, 0) is 4.74 Å². The maximum Gasteiger partial charge on any atom is 0.167 e. The zero-order chi connectivity index (χ0) is 28.2. The van der Waals surface area contributed by atoms with Gasteiger partial charge in [0, 0.05) is 68.1 Å². The summed E-state index contributed by atoms with van der Waals surface area (Å²) >= 11 is 0. The van der Waals surface area contributed by atoms with E-state index in [1.165, 1.54) is 24.3 Å². The lowest BCUT2D eigenvalue weighted by molar-refractivity contribution is 0.0258. The first-order chi connectivity index (χ1) is 19.3. The predicted molar refractivity (Wildman–Crippen MR) is 151 cm³/mol. The highest BCUT2D eigenvalue weighted by Gasteiger charge is 2.45. The van der Waals surface area contributed by atoms with Crippen molar-refractivity contribution in [1.29, 1.82) is 0 Å². The summed E-state index contributed by atoms with van der Waals surface area (Å²) in [6.07, 6.45) is 0. The highest BCUT2D eigenvalue weighted by molar-refractivity contribution is 6.02. The van der Waals surface area contributed by atoms with Crippen LogP contribution < -0.4 is 0 Å². The van der Waals surface area contributed by atoms with Gasteiger partial charge < -0.3 is 9.64 Å². The van der Waals surface area contributed by atoms with Crippen molar-refractivity contribution < 1.29 is 23.1 Å². The molecule has 210 valence electrons. The average molecular weight is 547 g/mol. The monoisotopic (exact) mass is 546 g/mol. The highest BCUT2D eigenvalue weighted by Crippen LogP contribution is 2.42. The Morgan fingerprint density at radius 2 is 1.30 bits per heavy atom. The van der Waals surface area contributed by atoms with Crippen molar-refractivity contribution in [2.75, 3.05) is 52.5 Å². The number of likely N-dealkylation sites (tertiary alicyclic amines) is 1. The van der Waals surface area contributed by atoms with Gasteiger partial charge in [-0.15, -0.1) is 0 Å². The number of Topliss-reactive ketones (excluding diaryl/α,β-unsaturated/α-hetero) is 2. The Labute approximate surface area is 234 Å². The summed E-state index contributed by atoms with van der Waals surface area (Å²) in [6, 6.07) is 17.5. The zero-order valence-electron chi connectivity index (χ0n) is 23.1. The lowest BCUT2D eigenvalue weighted by Crippen LogP contribution is -2.52. The fraction of sp³-hybridized carbons (Fsp3) is 0.394. The fourth-order valence-electron chi connectivity index (χ4n) is 6.20. The molecule has 0 radical (unpaired) electrons. The smallest absolute Gasteiger partial charge is 0.167 e. The van der Waals surface area contributed by atoms with Crippen molar-refractivity contribution in [2.45, 2.75) is 19.8 Å². The summed E-state index contributed by atoms with van der Waals surface area (Å²) < 4.78 is 33.9. The van der Waals surface area contributed by atoms with Crippen LogP contribution in [0.25, 0.3) is 0 Å². The Balaban J connectivity index is 1.57. The van der Waals surface area contributed by atoms with E-state index in [-0.39, 0.29) is 11.6 Å². The third kappa shape index (κ3) is 6.22. The van der Waals surface area contributed by atoms with Crippen LogP contribution in [0, 0.1) is 37.3 Å². The van der Waals surface area contributed by atoms with Crippen molar-refractivity contribution >= 4 is 11.6 Å². The molecule has 0 aromatic heterocycles. The Bertz CT molecular complexity index is 1300. The van der Waals surface area contributed by atoms with Gasteiger partial charge in [-0.2, -0.15) is 0 Å². The molecule has 2 fully saturated rings. The fourth-order valence-corrected chi connectivity index (χ4v) is 6.20. The maximum absolute atomic E-state index is 14.2. The average Bonchev–Trinajstić information content (AvgIpc) is 2.97. The number of hydrogen-bond donors (Lipinski definition) is 0. The SMILES string of the molecule is Cc1cccc(C2[C@@H](C(=O)c3cccc(F)c3)CN(CCN3CCOCC3)C[C@H]2C(=O)c2cccc(F)c2)c1C. The van der Waals surface area contributed by atoms with Gasteiger partial charge >= 0.3 is 0 Å².